The van der Waals surface area contributed by atoms with E-state index in [1.54, 1.807) is 0 Å². The van der Waals surface area contributed by atoms with E-state index >= 15 is 0 Å². The van der Waals surface area contributed by atoms with Crippen LogP contribution >= 0.6 is 0 Å². The highest BCUT2D eigenvalue weighted by Crippen LogP contribution is 2.25. The summed E-state index contributed by atoms with van der Waals surface area (Å²) in [5, 5.41) is 10.5. The molecular weight excluding hydrogens is 312 g/mol. The summed E-state index contributed by atoms with van der Waals surface area (Å²) in [7, 11) is 0. The molecule has 0 aliphatic heterocycles. The maximum Gasteiger partial charge on any atom is 0.138 e. The predicted octanol–water partition coefficient (Wildman–Crippen LogP) is 4.57. The van der Waals surface area contributed by atoms with E-state index in [0.717, 1.165) is 40.2 Å². The molecule has 1 unspecified atom stereocenters. The Hall–Kier alpha value is -2.33. The minimum absolute atomic E-state index is 0.540. The second kappa shape index (κ2) is 7.70. The number of hydrogen-bond donors (Lipinski definition) is 1. The molecular formula is C21H26N2O2. The molecule has 25 heavy (non-hydrogen) atoms. The molecule has 4 nitrogen and oxygen atoms in total. The van der Waals surface area contributed by atoms with Crippen LogP contribution in [0.4, 0.5) is 0 Å². The zero-order valence-electron chi connectivity index (χ0n) is 15.2. The fraction of sp³-hybridized carbons (Fsp3) is 0.381. The molecule has 1 heterocycles. The topological polar surface area (TPSA) is 47.3 Å². The summed E-state index contributed by atoms with van der Waals surface area (Å²) in [5.41, 5.74) is 4.24. The lowest BCUT2D eigenvalue weighted by Crippen LogP contribution is -2.14. The molecule has 4 heteroatoms. The monoisotopic (exact) mass is 338 g/mol. The molecule has 3 aromatic rings. The van der Waals surface area contributed by atoms with E-state index in [2.05, 4.69) is 42.5 Å². The Morgan fingerprint density at radius 2 is 1.80 bits per heavy atom. The summed E-state index contributed by atoms with van der Waals surface area (Å²) < 4.78 is 8.14. The first kappa shape index (κ1) is 17.5. The minimum atomic E-state index is -0.544. The first-order valence-corrected chi connectivity index (χ1v) is 8.94. The van der Waals surface area contributed by atoms with Crippen molar-refractivity contribution in [3.63, 3.8) is 0 Å². The highest BCUT2D eigenvalue weighted by molar-refractivity contribution is 5.76. The highest BCUT2D eigenvalue weighted by Gasteiger charge is 2.17. The molecule has 3 rings (SSSR count). The van der Waals surface area contributed by atoms with E-state index in [1.807, 2.05) is 30.3 Å². The van der Waals surface area contributed by atoms with Crippen molar-refractivity contribution in [2.75, 3.05) is 6.61 Å². The van der Waals surface area contributed by atoms with E-state index in [1.165, 1.54) is 0 Å². The predicted molar refractivity (Wildman–Crippen MR) is 101 cm³/mol. The molecule has 0 fully saturated rings. The molecule has 0 amide bonds. The van der Waals surface area contributed by atoms with Crippen molar-refractivity contribution >= 4 is 11.0 Å². The lowest BCUT2D eigenvalue weighted by Gasteiger charge is -2.16. The van der Waals surface area contributed by atoms with Crippen LogP contribution < -0.4 is 4.74 Å². The van der Waals surface area contributed by atoms with Gasteiger partial charge in [0.1, 0.15) is 24.3 Å². The van der Waals surface area contributed by atoms with Gasteiger partial charge in [0.15, 0.2) is 0 Å². The number of rotatable bonds is 7. The summed E-state index contributed by atoms with van der Waals surface area (Å²) >= 11 is 0. The second-order valence-corrected chi connectivity index (χ2v) is 6.48. The van der Waals surface area contributed by atoms with Gasteiger partial charge in [0.2, 0.25) is 0 Å². The number of aryl methyl sites for hydroxylation is 2. The minimum Gasteiger partial charge on any atom is -0.491 e. The SMILES string of the molecule is CCCC(O)c1nc2ccccc2n1CCOc1c(C)cccc1C. The lowest BCUT2D eigenvalue weighted by atomic mass is 10.1. The van der Waals surface area contributed by atoms with Gasteiger partial charge >= 0.3 is 0 Å². The fourth-order valence-corrected chi connectivity index (χ4v) is 3.25. The molecule has 0 aliphatic carbocycles. The van der Waals surface area contributed by atoms with Crippen LogP contribution in [-0.2, 0) is 6.54 Å². The number of ether oxygens (including phenoxy) is 1. The van der Waals surface area contributed by atoms with Crippen LogP contribution in [0.2, 0.25) is 0 Å². The van der Waals surface area contributed by atoms with Gasteiger partial charge in [-0.3, -0.25) is 0 Å². The van der Waals surface area contributed by atoms with Crippen molar-refractivity contribution in [1.82, 2.24) is 9.55 Å². The Balaban J connectivity index is 1.83. The number of benzene rings is 2. The second-order valence-electron chi connectivity index (χ2n) is 6.48. The number of para-hydroxylation sites is 3. The van der Waals surface area contributed by atoms with Gasteiger partial charge in [-0.25, -0.2) is 4.98 Å². The highest BCUT2D eigenvalue weighted by atomic mass is 16.5. The molecule has 0 bridgehead atoms. The van der Waals surface area contributed by atoms with Gasteiger partial charge in [-0.1, -0.05) is 43.7 Å². The van der Waals surface area contributed by atoms with Gasteiger partial charge in [-0.2, -0.15) is 0 Å². The van der Waals surface area contributed by atoms with Gasteiger partial charge in [-0.05, 0) is 43.5 Å². The Kier molecular flexibility index (Phi) is 5.39. The summed E-state index contributed by atoms with van der Waals surface area (Å²) in [5.74, 6) is 1.68. The quantitative estimate of drug-likeness (QED) is 0.687. The third-order valence-corrected chi connectivity index (χ3v) is 4.51. The van der Waals surface area contributed by atoms with E-state index in [4.69, 9.17) is 4.74 Å². The summed E-state index contributed by atoms with van der Waals surface area (Å²) in [4.78, 5) is 4.65. The fourth-order valence-electron chi connectivity index (χ4n) is 3.25. The third-order valence-electron chi connectivity index (χ3n) is 4.51. The van der Waals surface area contributed by atoms with Crippen LogP contribution in [0.15, 0.2) is 42.5 Å². The van der Waals surface area contributed by atoms with Crippen molar-refractivity contribution in [1.29, 1.82) is 0 Å². The average molecular weight is 338 g/mol. The molecule has 2 aromatic carbocycles. The normalized spacial score (nSPS) is 12.5. The lowest BCUT2D eigenvalue weighted by molar-refractivity contribution is 0.150. The van der Waals surface area contributed by atoms with Crippen molar-refractivity contribution in [3.8, 4) is 5.75 Å². The third kappa shape index (κ3) is 3.69. The zero-order valence-corrected chi connectivity index (χ0v) is 15.2. The molecule has 132 valence electrons. The van der Waals surface area contributed by atoms with Crippen LogP contribution in [0.5, 0.6) is 5.75 Å². The molecule has 0 saturated heterocycles. The number of aliphatic hydroxyl groups excluding tert-OH is 1. The van der Waals surface area contributed by atoms with E-state index in [9.17, 15) is 5.11 Å². The van der Waals surface area contributed by atoms with Gasteiger partial charge in [-0.15, -0.1) is 0 Å². The van der Waals surface area contributed by atoms with Crippen LogP contribution in [0.25, 0.3) is 11.0 Å². The summed E-state index contributed by atoms with van der Waals surface area (Å²) in [6.07, 6.45) is 1.09. The standard InChI is InChI=1S/C21H26N2O2/c1-4-8-19(24)21-22-17-11-5-6-12-18(17)23(21)13-14-25-20-15(2)9-7-10-16(20)3/h5-7,9-12,19,24H,4,8,13-14H2,1-3H3. The van der Waals surface area contributed by atoms with E-state index < -0.39 is 6.10 Å². The van der Waals surface area contributed by atoms with Gasteiger partial charge < -0.3 is 14.4 Å². The molecule has 0 aliphatic rings. The maximum absolute atomic E-state index is 10.5. The molecule has 0 spiro atoms. The Morgan fingerprint density at radius 3 is 2.52 bits per heavy atom. The summed E-state index contributed by atoms with van der Waals surface area (Å²) in [6, 6.07) is 14.2. The molecule has 0 saturated carbocycles. The first-order chi connectivity index (χ1) is 12.1. The van der Waals surface area contributed by atoms with Crippen molar-refractivity contribution in [2.45, 2.75) is 46.3 Å². The molecule has 0 radical (unpaired) electrons. The van der Waals surface area contributed by atoms with Crippen LogP contribution in [-0.4, -0.2) is 21.3 Å². The van der Waals surface area contributed by atoms with Gasteiger partial charge in [0, 0.05) is 0 Å². The van der Waals surface area contributed by atoms with Crippen LogP contribution in [0.3, 0.4) is 0 Å². The number of aliphatic hydroxyl groups is 1. The number of aromatic nitrogens is 2. The molecule has 1 aromatic heterocycles. The van der Waals surface area contributed by atoms with Crippen LogP contribution in [0, 0.1) is 13.8 Å². The van der Waals surface area contributed by atoms with Gasteiger partial charge in [0.05, 0.1) is 17.6 Å². The largest absolute Gasteiger partial charge is 0.491 e. The van der Waals surface area contributed by atoms with Crippen LogP contribution in [0.1, 0.15) is 42.8 Å². The number of fused-ring (bicyclic) bond motifs is 1. The number of imidazole rings is 1. The number of nitrogens with zero attached hydrogens (tertiary/aromatic N) is 2. The molecule has 1 atom stereocenters. The van der Waals surface area contributed by atoms with Gasteiger partial charge in [0.25, 0.3) is 0 Å². The summed E-state index contributed by atoms with van der Waals surface area (Å²) in [6.45, 7) is 7.39. The maximum atomic E-state index is 10.5. The molecule has 1 N–H and O–H groups in total. The smallest absolute Gasteiger partial charge is 0.138 e. The Bertz CT molecular complexity index is 834. The van der Waals surface area contributed by atoms with E-state index in [0.29, 0.717) is 19.6 Å². The number of hydrogen-bond acceptors (Lipinski definition) is 3. The van der Waals surface area contributed by atoms with Crippen molar-refractivity contribution in [3.05, 3.63) is 59.4 Å². The first-order valence-electron chi connectivity index (χ1n) is 8.94. The van der Waals surface area contributed by atoms with Crippen molar-refractivity contribution in [2.24, 2.45) is 0 Å². The average Bonchev–Trinajstić information content (AvgIpc) is 2.97. The zero-order chi connectivity index (χ0) is 17.8. The Morgan fingerprint density at radius 1 is 1.08 bits per heavy atom. The Labute approximate surface area is 149 Å². The van der Waals surface area contributed by atoms with Crippen molar-refractivity contribution < 1.29 is 9.84 Å². The van der Waals surface area contributed by atoms with E-state index in [-0.39, 0.29) is 0 Å².